The number of amides is 2. The SMILES string of the molecule is CCC(c1cccc(-c2nc(C(C)(C)C)sc2-c2ccnc(NC3CC4(CCN(CC5CCN(c6ccc7c(=O)n(C8CCC(=O)NC8=O)ccc7c6)CC5)CC4)C3)n2)c1F)S(N)(=O)=O. The van der Waals surface area contributed by atoms with Crippen molar-refractivity contribution in [1.82, 2.24) is 29.7 Å². The smallest absolute Gasteiger partial charge is 0.259 e. The van der Waals surface area contributed by atoms with E-state index >= 15 is 4.39 Å². The molecule has 3 saturated heterocycles. The molecule has 1 spiro atoms. The zero-order valence-corrected chi connectivity index (χ0v) is 39.1. The highest BCUT2D eigenvalue weighted by Gasteiger charge is 2.46. The summed E-state index contributed by atoms with van der Waals surface area (Å²) >= 11 is 1.46. The van der Waals surface area contributed by atoms with E-state index in [0.29, 0.717) is 45.4 Å². The van der Waals surface area contributed by atoms with Gasteiger partial charge in [0.25, 0.3) is 5.56 Å². The van der Waals surface area contributed by atoms with E-state index in [9.17, 15) is 22.8 Å². The third-order valence-corrected chi connectivity index (χ3v) is 17.0. The molecule has 3 aromatic heterocycles. The molecule has 1 saturated carbocycles. The molecule has 2 amide bonds. The van der Waals surface area contributed by atoms with Gasteiger partial charge in [0.05, 0.1) is 21.3 Å². The number of carbonyl (C=O) groups excluding carboxylic acids is 2. The van der Waals surface area contributed by atoms with Crippen molar-refractivity contribution in [3.8, 4) is 21.8 Å². The lowest BCUT2D eigenvalue weighted by Gasteiger charge is -2.52. The number of nitrogens with one attached hydrogen (secondary N) is 2. The van der Waals surface area contributed by atoms with Crippen LogP contribution in [0.15, 0.2) is 65.7 Å². The van der Waals surface area contributed by atoms with Crippen LogP contribution in [0.5, 0.6) is 0 Å². The van der Waals surface area contributed by atoms with Crippen LogP contribution in [0.3, 0.4) is 0 Å². The molecule has 344 valence electrons. The molecule has 0 bridgehead atoms. The van der Waals surface area contributed by atoms with Crippen molar-refractivity contribution in [2.24, 2.45) is 16.5 Å². The van der Waals surface area contributed by atoms with Gasteiger partial charge in [-0.3, -0.25) is 19.7 Å². The fourth-order valence-corrected chi connectivity index (χ4v) is 12.5. The Kier molecular flexibility index (Phi) is 12.2. The van der Waals surface area contributed by atoms with Gasteiger partial charge in [0, 0.05) is 72.1 Å². The van der Waals surface area contributed by atoms with Crippen LogP contribution < -0.4 is 26.2 Å². The van der Waals surface area contributed by atoms with Gasteiger partial charge >= 0.3 is 0 Å². The Labute approximate surface area is 383 Å². The molecule has 1 aliphatic carbocycles. The largest absolute Gasteiger partial charge is 0.371 e. The number of sulfonamides is 1. The number of nitrogens with two attached hydrogens (primary N) is 1. The summed E-state index contributed by atoms with van der Waals surface area (Å²) in [6.07, 6.45) is 10.8. The van der Waals surface area contributed by atoms with Gasteiger partial charge < -0.3 is 19.7 Å². The van der Waals surface area contributed by atoms with Crippen LogP contribution in [0.25, 0.3) is 32.6 Å². The predicted octanol–water partition coefficient (Wildman–Crippen LogP) is 7.31. The number of fused-ring (bicyclic) bond motifs is 1. The zero-order valence-electron chi connectivity index (χ0n) is 37.5. The summed E-state index contributed by atoms with van der Waals surface area (Å²) in [7, 11) is -4.03. The Morgan fingerprint density at radius 2 is 1.75 bits per heavy atom. The number of aromatic nitrogens is 4. The normalized spacial score (nSPS) is 20.5. The quantitative estimate of drug-likeness (QED) is 0.113. The second-order valence-corrected chi connectivity index (χ2v) is 22.4. The van der Waals surface area contributed by atoms with E-state index in [1.807, 2.05) is 24.3 Å². The first-order valence-corrected chi connectivity index (χ1v) is 25.3. The first kappa shape index (κ1) is 45.1. The maximum absolute atomic E-state index is 16.3. The fraction of sp³-hybridized carbons (Fsp3) is 0.500. The molecule has 5 aromatic rings. The first-order chi connectivity index (χ1) is 31.0. The molecule has 2 atom stereocenters. The number of piperidine rings is 3. The number of pyridine rings is 1. The summed E-state index contributed by atoms with van der Waals surface area (Å²) < 4.78 is 42.6. The van der Waals surface area contributed by atoms with E-state index in [0.717, 1.165) is 74.5 Å². The van der Waals surface area contributed by atoms with Crippen LogP contribution in [-0.4, -0.2) is 83.4 Å². The van der Waals surface area contributed by atoms with Crippen LogP contribution in [-0.2, 0) is 25.0 Å². The number of thiazole rings is 1. The number of imide groups is 1. The maximum Gasteiger partial charge on any atom is 0.259 e. The number of nitrogens with zero attached hydrogens (tertiary/aromatic N) is 6. The predicted molar refractivity (Wildman–Crippen MR) is 253 cm³/mol. The third kappa shape index (κ3) is 9.21. The Hall–Kier alpha value is -5.10. The number of hydrogen-bond donors (Lipinski definition) is 3. The van der Waals surface area contributed by atoms with Gasteiger partial charge in [0.1, 0.15) is 17.1 Å². The van der Waals surface area contributed by atoms with Gasteiger partial charge in [0.2, 0.25) is 27.8 Å². The Balaban J connectivity index is 0.783. The number of carbonyl (C=O) groups is 2. The van der Waals surface area contributed by atoms with E-state index in [1.165, 1.54) is 34.8 Å². The molecule has 3 aliphatic heterocycles. The van der Waals surface area contributed by atoms with Crippen LogP contribution in [0.2, 0.25) is 0 Å². The minimum atomic E-state index is -4.03. The summed E-state index contributed by atoms with van der Waals surface area (Å²) in [6.45, 7) is 13.1. The van der Waals surface area contributed by atoms with E-state index in [2.05, 4.69) is 52.3 Å². The molecule has 4 aliphatic rings. The minimum absolute atomic E-state index is 0.0331. The van der Waals surface area contributed by atoms with E-state index in [-0.39, 0.29) is 46.9 Å². The Bertz CT molecular complexity index is 2800. The molecule has 6 heterocycles. The van der Waals surface area contributed by atoms with Gasteiger partial charge in [-0.25, -0.2) is 32.9 Å². The third-order valence-electron chi connectivity index (χ3n) is 14.1. The number of primary sulfonamides is 1. The van der Waals surface area contributed by atoms with Crippen LogP contribution in [0.4, 0.5) is 16.0 Å². The van der Waals surface area contributed by atoms with Crippen molar-refractivity contribution in [3.63, 3.8) is 0 Å². The highest BCUT2D eigenvalue weighted by Crippen LogP contribution is 2.50. The summed E-state index contributed by atoms with van der Waals surface area (Å²) in [5.41, 5.74) is 2.18. The average molecular weight is 924 g/mol. The number of likely N-dealkylation sites (tertiary alicyclic amines) is 1. The van der Waals surface area contributed by atoms with Gasteiger partial charge in [0.15, 0.2) is 0 Å². The lowest BCUT2D eigenvalue weighted by atomic mass is 9.60. The van der Waals surface area contributed by atoms with Gasteiger partial charge in [-0.05, 0) is 118 Å². The van der Waals surface area contributed by atoms with E-state index in [1.54, 1.807) is 31.5 Å². The zero-order chi connectivity index (χ0) is 45.8. The van der Waals surface area contributed by atoms with Gasteiger partial charge in [-0.15, -0.1) is 11.3 Å². The van der Waals surface area contributed by atoms with Crippen molar-refractivity contribution in [1.29, 1.82) is 0 Å². The second-order valence-electron chi connectivity index (χ2n) is 19.7. The van der Waals surface area contributed by atoms with Gasteiger partial charge in [-0.1, -0.05) is 39.8 Å². The lowest BCUT2D eigenvalue weighted by Crippen LogP contribution is -2.52. The summed E-state index contributed by atoms with van der Waals surface area (Å²) in [6, 6.07) is 14.0. The molecule has 17 heteroatoms. The van der Waals surface area contributed by atoms with Crippen molar-refractivity contribution >= 4 is 55.6 Å². The lowest BCUT2D eigenvalue weighted by molar-refractivity contribution is -0.135. The van der Waals surface area contributed by atoms with Crippen molar-refractivity contribution < 1.29 is 22.4 Å². The summed E-state index contributed by atoms with van der Waals surface area (Å²) in [4.78, 5) is 57.6. The van der Waals surface area contributed by atoms with E-state index in [4.69, 9.17) is 15.1 Å². The highest BCUT2D eigenvalue weighted by atomic mass is 32.2. The molecule has 2 aromatic carbocycles. The van der Waals surface area contributed by atoms with Crippen molar-refractivity contribution in [2.45, 2.75) is 108 Å². The van der Waals surface area contributed by atoms with Crippen molar-refractivity contribution in [2.75, 3.05) is 42.9 Å². The van der Waals surface area contributed by atoms with Crippen LogP contribution in [0, 0.1) is 17.2 Å². The monoisotopic (exact) mass is 923 g/mol. The van der Waals surface area contributed by atoms with E-state index < -0.39 is 33.0 Å². The first-order valence-electron chi connectivity index (χ1n) is 22.9. The number of anilines is 2. The van der Waals surface area contributed by atoms with Crippen LogP contribution >= 0.6 is 11.3 Å². The average Bonchev–Trinajstić information content (AvgIpc) is 3.72. The molecule has 2 unspecified atom stereocenters. The fourth-order valence-electron chi connectivity index (χ4n) is 10.4. The summed E-state index contributed by atoms with van der Waals surface area (Å²) in [5, 5.41) is 12.5. The van der Waals surface area contributed by atoms with Crippen molar-refractivity contribution in [3.05, 3.63) is 87.7 Å². The maximum atomic E-state index is 16.3. The molecular formula is C48H58FN9O5S2. The second kappa shape index (κ2) is 17.6. The number of rotatable bonds is 11. The topological polar surface area (TPSA) is 186 Å². The minimum Gasteiger partial charge on any atom is -0.371 e. The molecule has 65 heavy (non-hydrogen) atoms. The number of halogens is 1. The summed E-state index contributed by atoms with van der Waals surface area (Å²) in [5.74, 6) is -0.215. The molecule has 4 N–H and O–H groups in total. The Morgan fingerprint density at radius 3 is 2.45 bits per heavy atom. The highest BCUT2D eigenvalue weighted by molar-refractivity contribution is 7.89. The Morgan fingerprint density at radius 1 is 1.00 bits per heavy atom. The number of benzene rings is 2. The molecule has 9 rings (SSSR count). The standard InChI is InChI=1S/C48H58FN9O5S2/c1-5-38(65(50,62)63)34-7-6-8-35(40(34)49)41-42(64-45(55-41)47(2,3)4)36-13-19-51-46(53-36)52-31-26-48(27-31)17-23-56(24-18-48)28-29-14-20-57(21-15-29)32-9-10-33-30(25-32)16-22-58(44(33)61)37-11-12-39(59)54-43(37)60/h6-10,13,16,19,22,25,29,31,37-38H,5,11-12,14-15,17-18,20-21,23-24,26-28H2,1-4H3,(H2,50,62,63)(H,51,52,53)(H,54,59,60). The molecule has 4 fully saturated rings. The molecular weight excluding hydrogens is 866 g/mol. The molecule has 14 nitrogen and oxygen atoms in total. The van der Waals surface area contributed by atoms with Gasteiger partial charge in [-0.2, -0.15) is 0 Å². The number of hydrogen-bond acceptors (Lipinski definition) is 12. The van der Waals surface area contributed by atoms with Crippen LogP contribution in [0.1, 0.15) is 107 Å². The molecule has 0 radical (unpaired) electrons.